The molecule has 140 valence electrons. The van der Waals surface area contributed by atoms with E-state index in [0.29, 0.717) is 27.6 Å². The van der Waals surface area contributed by atoms with Crippen LogP contribution in [0.5, 0.6) is 0 Å². The molecule has 3 aromatic heterocycles. The molecule has 1 aromatic carbocycles. The highest BCUT2D eigenvalue weighted by Gasteiger charge is 2.18. The molecule has 0 atom stereocenters. The molecule has 0 amide bonds. The predicted octanol–water partition coefficient (Wildman–Crippen LogP) is 3.87. The van der Waals surface area contributed by atoms with Crippen molar-refractivity contribution in [3.05, 3.63) is 86.6 Å². The van der Waals surface area contributed by atoms with Crippen molar-refractivity contribution in [2.24, 2.45) is 0 Å². The highest BCUT2D eigenvalue weighted by molar-refractivity contribution is 6.30. The van der Waals surface area contributed by atoms with Gasteiger partial charge in [0.05, 0.1) is 27.5 Å². The molecule has 0 spiro atoms. The van der Waals surface area contributed by atoms with E-state index in [0.717, 1.165) is 16.5 Å². The second kappa shape index (κ2) is 7.05. The third kappa shape index (κ3) is 3.23. The van der Waals surface area contributed by atoms with E-state index in [9.17, 15) is 9.59 Å². The maximum atomic E-state index is 12.7. The summed E-state index contributed by atoms with van der Waals surface area (Å²) in [6.07, 6.45) is 1.50. The molecule has 7 heteroatoms. The predicted molar refractivity (Wildman–Crippen MR) is 107 cm³/mol. The van der Waals surface area contributed by atoms with Crippen molar-refractivity contribution in [1.29, 1.82) is 0 Å². The van der Waals surface area contributed by atoms with Gasteiger partial charge >= 0.3 is 5.97 Å². The average Bonchev–Trinajstić information content (AvgIpc) is 2.67. The Balaban J connectivity index is 1.63. The smallest absolute Gasteiger partial charge is 0.340 e. The molecule has 4 aromatic rings. The molecule has 0 N–H and O–H groups in total. The van der Waals surface area contributed by atoms with Crippen molar-refractivity contribution in [3.63, 3.8) is 0 Å². The van der Waals surface area contributed by atoms with Crippen LogP contribution in [0.1, 0.15) is 27.3 Å². The van der Waals surface area contributed by atoms with Crippen LogP contribution in [-0.2, 0) is 11.3 Å². The molecule has 0 saturated heterocycles. The van der Waals surface area contributed by atoms with Crippen molar-refractivity contribution in [2.75, 3.05) is 0 Å². The molecule has 4 rings (SSSR count). The monoisotopic (exact) mass is 393 g/mol. The van der Waals surface area contributed by atoms with E-state index >= 15 is 0 Å². The number of nitrogens with zero attached hydrogens (tertiary/aromatic N) is 3. The van der Waals surface area contributed by atoms with E-state index in [1.54, 1.807) is 19.1 Å². The summed E-state index contributed by atoms with van der Waals surface area (Å²) in [5.74, 6) is -0.494. The zero-order chi connectivity index (χ0) is 19.8. The van der Waals surface area contributed by atoms with Crippen LogP contribution in [-0.4, -0.2) is 20.3 Å². The third-order valence-electron chi connectivity index (χ3n) is 4.56. The highest BCUT2D eigenvalue weighted by atomic mass is 35.5. The van der Waals surface area contributed by atoms with Crippen molar-refractivity contribution < 1.29 is 9.53 Å². The van der Waals surface area contributed by atoms with Crippen LogP contribution in [0.3, 0.4) is 0 Å². The van der Waals surface area contributed by atoms with Crippen molar-refractivity contribution in [2.45, 2.75) is 20.5 Å². The van der Waals surface area contributed by atoms with Crippen molar-refractivity contribution in [3.8, 4) is 0 Å². The lowest BCUT2D eigenvalue weighted by Crippen LogP contribution is -2.17. The largest absolute Gasteiger partial charge is 0.456 e. The standard InChI is InChI=1S/C21H16ClN3O3/c1-12-16-5-3-4-6-17(16)23-13(2)20(12)21(27)28-11-15-9-19(26)25-10-14(22)7-8-18(25)24-15/h3-10H,11H2,1-2H3. The molecule has 6 nitrogen and oxygen atoms in total. The summed E-state index contributed by atoms with van der Waals surface area (Å²) in [6, 6.07) is 12.2. The van der Waals surface area contributed by atoms with Crippen LogP contribution in [0.25, 0.3) is 16.6 Å². The number of rotatable bonds is 3. The number of fused-ring (bicyclic) bond motifs is 2. The minimum absolute atomic E-state index is 0.112. The summed E-state index contributed by atoms with van der Waals surface area (Å²) < 4.78 is 6.78. The molecule has 0 saturated carbocycles. The fourth-order valence-electron chi connectivity index (χ4n) is 3.24. The molecule has 0 radical (unpaired) electrons. The van der Waals surface area contributed by atoms with Crippen LogP contribution < -0.4 is 5.56 Å². The number of halogens is 1. The van der Waals surface area contributed by atoms with Gasteiger partial charge in [-0.3, -0.25) is 14.2 Å². The van der Waals surface area contributed by atoms with Gasteiger partial charge in [0.1, 0.15) is 12.3 Å². The fourth-order valence-corrected chi connectivity index (χ4v) is 3.40. The second-order valence-electron chi connectivity index (χ2n) is 6.45. The Morgan fingerprint density at radius 3 is 2.75 bits per heavy atom. The number of aromatic nitrogens is 3. The van der Waals surface area contributed by atoms with Crippen LogP contribution in [0.2, 0.25) is 5.02 Å². The van der Waals surface area contributed by atoms with Gasteiger partial charge in [0, 0.05) is 17.6 Å². The van der Waals surface area contributed by atoms with Gasteiger partial charge in [0.25, 0.3) is 5.56 Å². The number of hydrogen-bond donors (Lipinski definition) is 0. The quantitative estimate of drug-likeness (QED) is 0.494. The highest BCUT2D eigenvalue weighted by Crippen LogP contribution is 2.23. The minimum atomic E-state index is -0.494. The minimum Gasteiger partial charge on any atom is -0.456 e. The summed E-state index contributed by atoms with van der Waals surface area (Å²) >= 11 is 5.91. The van der Waals surface area contributed by atoms with Gasteiger partial charge in [-0.05, 0) is 37.6 Å². The maximum Gasteiger partial charge on any atom is 0.340 e. The van der Waals surface area contributed by atoms with Crippen molar-refractivity contribution in [1.82, 2.24) is 14.4 Å². The van der Waals surface area contributed by atoms with Gasteiger partial charge in [0.15, 0.2) is 0 Å². The molecule has 0 aliphatic carbocycles. The number of aryl methyl sites for hydroxylation is 2. The first kappa shape index (κ1) is 18.1. The lowest BCUT2D eigenvalue weighted by Gasteiger charge is -2.12. The van der Waals surface area contributed by atoms with Gasteiger partial charge in [0.2, 0.25) is 0 Å². The summed E-state index contributed by atoms with van der Waals surface area (Å²) in [6.45, 7) is 3.54. The van der Waals surface area contributed by atoms with E-state index < -0.39 is 5.97 Å². The third-order valence-corrected chi connectivity index (χ3v) is 4.79. The van der Waals surface area contributed by atoms with Crippen LogP contribution in [0.15, 0.2) is 53.5 Å². The van der Waals surface area contributed by atoms with Crippen molar-refractivity contribution >= 4 is 34.1 Å². The van der Waals surface area contributed by atoms with Gasteiger partial charge in [-0.25, -0.2) is 9.78 Å². The number of carbonyl (C=O) groups is 1. The van der Waals surface area contributed by atoms with Crippen LogP contribution in [0.4, 0.5) is 0 Å². The Bertz CT molecular complexity index is 1300. The summed E-state index contributed by atoms with van der Waals surface area (Å²) in [5, 5.41) is 1.34. The number of hydrogen-bond acceptors (Lipinski definition) is 5. The Kier molecular flexibility index (Phi) is 4.57. The number of para-hydroxylation sites is 1. The maximum absolute atomic E-state index is 12.7. The Morgan fingerprint density at radius 1 is 1.14 bits per heavy atom. The molecular formula is C21H16ClN3O3. The van der Waals surface area contributed by atoms with Gasteiger partial charge in [-0.1, -0.05) is 29.8 Å². The summed E-state index contributed by atoms with van der Waals surface area (Å²) in [5.41, 5.74) is 3.18. The number of carbonyl (C=O) groups excluding carboxylic acids is 1. The number of benzene rings is 1. The summed E-state index contributed by atoms with van der Waals surface area (Å²) in [7, 11) is 0. The zero-order valence-electron chi connectivity index (χ0n) is 15.3. The van der Waals surface area contributed by atoms with E-state index in [4.69, 9.17) is 16.3 Å². The lowest BCUT2D eigenvalue weighted by molar-refractivity contribution is 0.0465. The molecule has 0 aliphatic heterocycles. The first-order valence-corrected chi connectivity index (χ1v) is 9.03. The first-order valence-electron chi connectivity index (χ1n) is 8.65. The Hall–Kier alpha value is -3.25. The van der Waals surface area contributed by atoms with Crippen LogP contribution in [0, 0.1) is 13.8 Å². The van der Waals surface area contributed by atoms with Gasteiger partial charge in [-0.2, -0.15) is 0 Å². The van der Waals surface area contributed by atoms with E-state index in [-0.39, 0.29) is 12.2 Å². The normalized spacial score (nSPS) is 11.1. The molecule has 0 unspecified atom stereocenters. The van der Waals surface area contributed by atoms with E-state index in [1.807, 2.05) is 31.2 Å². The molecule has 3 heterocycles. The second-order valence-corrected chi connectivity index (χ2v) is 6.89. The number of ether oxygens (including phenoxy) is 1. The topological polar surface area (TPSA) is 73.6 Å². The molecular weight excluding hydrogens is 378 g/mol. The van der Waals surface area contributed by atoms with Crippen LogP contribution >= 0.6 is 11.6 Å². The number of pyridine rings is 2. The van der Waals surface area contributed by atoms with E-state index in [1.165, 1.54) is 16.7 Å². The zero-order valence-corrected chi connectivity index (χ0v) is 16.0. The number of esters is 1. The summed E-state index contributed by atoms with van der Waals surface area (Å²) in [4.78, 5) is 33.8. The SMILES string of the molecule is Cc1nc2ccccc2c(C)c1C(=O)OCc1cc(=O)n2cc(Cl)ccc2n1. The molecule has 0 bridgehead atoms. The molecule has 0 fully saturated rings. The molecule has 0 aliphatic rings. The fraction of sp³-hybridized carbons (Fsp3) is 0.143. The van der Waals surface area contributed by atoms with E-state index in [2.05, 4.69) is 9.97 Å². The Morgan fingerprint density at radius 2 is 1.93 bits per heavy atom. The van der Waals surface area contributed by atoms with Gasteiger partial charge < -0.3 is 4.74 Å². The molecule has 28 heavy (non-hydrogen) atoms. The average molecular weight is 394 g/mol. The van der Waals surface area contributed by atoms with Gasteiger partial charge in [-0.15, -0.1) is 0 Å². The Labute approximate surface area is 165 Å². The lowest BCUT2D eigenvalue weighted by atomic mass is 10.0. The first-order chi connectivity index (χ1) is 13.4.